The summed E-state index contributed by atoms with van der Waals surface area (Å²) in [6, 6.07) is 2.97. The fourth-order valence-electron chi connectivity index (χ4n) is 3.00. The Hall–Kier alpha value is -1.73. The molecule has 1 aliphatic heterocycles. The van der Waals surface area contributed by atoms with Gasteiger partial charge in [-0.1, -0.05) is 0 Å². The molecule has 0 aliphatic carbocycles. The molecule has 140 valence electrons. The Morgan fingerprint density at radius 2 is 2.00 bits per heavy atom. The van der Waals surface area contributed by atoms with Gasteiger partial charge < -0.3 is 20.7 Å². The molecule has 0 saturated carbocycles. The van der Waals surface area contributed by atoms with E-state index in [1.54, 1.807) is 4.90 Å². The van der Waals surface area contributed by atoms with Crippen molar-refractivity contribution in [3.8, 4) is 0 Å². The van der Waals surface area contributed by atoms with E-state index in [4.69, 9.17) is 10.5 Å². The van der Waals surface area contributed by atoms with Gasteiger partial charge in [0.1, 0.15) is 17.2 Å². The molecule has 0 spiro atoms. The number of carbonyl (C=O) groups excluding carboxylic acids is 1. The molecule has 1 saturated heterocycles. The van der Waals surface area contributed by atoms with Gasteiger partial charge in [0.15, 0.2) is 0 Å². The van der Waals surface area contributed by atoms with E-state index >= 15 is 0 Å². The number of hydrogen-bond donors (Lipinski definition) is 2. The lowest BCUT2D eigenvalue weighted by atomic mass is 9.98. The quantitative estimate of drug-likeness (QED) is 0.871. The van der Waals surface area contributed by atoms with Gasteiger partial charge >= 0.3 is 6.09 Å². The first-order valence-corrected chi connectivity index (χ1v) is 8.55. The maximum atomic E-state index is 13.3. The largest absolute Gasteiger partial charge is 0.444 e. The molecule has 1 amide bonds. The Morgan fingerprint density at radius 1 is 1.36 bits per heavy atom. The lowest BCUT2D eigenvalue weighted by Gasteiger charge is -2.38. The lowest BCUT2D eigenvalue weighted by Crippen LogP contribution is -2.56. The molecule has 0 bridgehead atoms. The summed E-state index contributed by atoms with van der Waals surface area (Å²) in [6.45, 7) is 7.33. The first kappa shape index (κ1) is 19.6. The Morgan fingerprint density at radius 3 is 2.60 bits per heavy atom. The van der Waals surface area contributed by atoms with Gasteiger partial charge in [-0.2, -0.15) is 0 Å². The monoisotopic (exact) mass is 355 g/mol. The van der Waals surface area contributed by atoms with E-state index in [0.29, 0.717) is 38.0 Å². The Bertz CT molecular complexity index is 584. The number of ether oxygens (including phenoxy) is 1. The molecule has 1 unspecified atom stereocenters. The van der Waals surface area contributed by atoms with Crippen molar-refractivity contribution in [2.75, 3.05) is 19.6 Å². The molecule has 3 N–H and O–H groups in total. The zero-order valence-corrected chi connectivity index (χ0v) is 15.0. The van der Waals surface area contributed by atoms with Crippen molar-refractivity contribution in [2.45, 2.75) is 51.3 Å². The maximum absolute atomic E-state index is 13.3. The zero-order valence-electron chi connectivity index (χ0n) is 15.0. The molecule has 1 fully saturated rings. The molecule has 2 atom stereocenters. The second kappa shape index (κ2) is 8.10. The molecule has 1 aliphatic rings. The van der Waals surface area contributed by atoms with Gasteiger partial charge in [-0.05, 0) is 51.3 Å². The Kier molecular flexibility index (Phi) is 6.35. The molecule has 0 radical (unpaired) electrons. The molecular formula is C18H27F2N3O2. The molecule has 25 heavy (non-hydrogen) atoms. The van der Waals surface area contributed by atoms with Gasteiger partial charge in [-0.3, -0.25) is 0 Å². The van der Waals surface area contributed by atoms with Crippen LogP contribution in [0.4, 0.5) is 13.6 Å². The fraction of sp³-hybridized carbons (Fsp3) is 0.611. The topological polar surface area (TPSA) is 67.6 Å². The molecule has 1 heterocycles. The Balaban J connectivity index is 1.99. The van der Waals surface area contributed by atoms with E-state index in [2.05, 4.69) is 5.32 Å². The van der Waals surface area contributed by atoms with E-state index in [-0.39, 0.29) is 18.2 Å². The number of benzene rings is 1. The van der Waals surface area contributed by atoms with Gasteiger partial charge in [-0.25, -0.2) is 13.6 Å². The Labute approximate surface area is 147 Å². The summed E-state index contributed by atoms with van der Waals surface area (Å²) in [6.07, 6.45) is 0.501. The summed E-state index contributed by atoms with van der Waals surface area (Å²) >= 11 is 0. The first-order valence-electron chi connectivity index (χ1n) is 8.55. The predicted molar refractivity (Wildman–Crippen MR) is 92.3 cm³/mol. The number of piperazine rings is 1. The average Bonchev–Trinajstić information content (AvgIpc) is 2.44. The summed E-state index contributed by atoms with van der Waals surface area (Å²) < 4.78 is 32.1. The molecule has 7 heteroatoms. The zero-order chi connectivity index (χ0) is 18.6. The summed E-state index contributed by atoms with van der Waals surface area (Å²) in [7, 11) is 0. The molecule has 1 aromatic rings. The number of rotatable bonds is 4. The summed E-state index contributed by atoms with van der Waals surface area (Å²) in [5, 5.41) is 3.24. The summed E-state index contributed by atoms with van der Waals surface area (Å²) in [5.41, 5.74) is 6.12. The lowest BCUT2D eigenvalue weighted by molar-refractivity contribution is 0.0105. The highest BCUT2D eigenvalue weighted by atomic mass is 19.1. The number of nitrogens with one attached hydrogen (secondary N) is 1. The van der Waals surface area contributed by atoms with Gasteiger partial charge in [0, 0.05) is 37.8 Å². The number of halogens is 2. The van der Waals surface area contributed by atoms with Crippen LogP contribution in [0.15, 0.2) is 18.2 Å². The van der Waals surface area contributed by atoms with E-state index in [9.17, 15) is 13.6 Å². The van der Waals surface area contributed by atoms with Gasteiger partial charge in [0.2, 0.25) is 0 Å². The van der Waals surface area contributed by atoms with Crippen molar-refractivity contribution in [1.29, 1.82) is 0 Å². The van der Waals surface area contributed by atoms with Crippen molar-refractivity contribution in [3.63, 3.8) is 0 Å². The highest BCUT2D eigenvalue weighted by Gasteiger charge is 2.31. The van der Waals surface area contributed by atoms with Crippen molar-refractivity contribution in [1.82, 2.24) is 10.2 Å². The summed E-state index contributed by atoms with van der Waals surface area (Å²) in [4.78, 5) is 14.1. The van der Waals surface area contributed by atoms with Crippen LogP contribution in [0.25, 0.3) is 0 Å². The van der Waals surface area contributed by atoms with Crippen LogP contribution >= 0.6 is 0 Å². The van der Waals surface area contributed by atoms with Crippen LogP contribution in [-0.2, 0) is 11.2 Å². The third-order valence-corrected chi connectivity index (χ3v) is 3.97. The van der Waals surface area contributed by atoms with E-state index in [0.717, 1.165) is 6.07 Å². The highest BCUT2D eigenvalue weighted by Crippen LogP contribution is 2.17. The molecule has 0 aromatic heterocycles. The smallest absolute Gasteiger partial charge is 0.410 e. The maximum Gasteiger partial charge on any atom is 0.410 e. The number of hydrogen-bond acceptors (Lipinski definition) is 4. The normalized spacial score (nSPS) is 19.6. The third-order valence-electron chi connectivity index (χ3n) is 3.97. The minimum Gasteiger partial charge on any atom is -0.444 e. The van der Waals surface area contributed by atoms with Gasteiger partial charge in [0.25, 0.3) is 0 Å². The minimum atomic E-state index is -0.614. The average molecular weight is 355 g/mol. The highest BCUT2D eigenvalue weighted by molar-refractivity contribution is 5.68. The van der Waals surface area contributed by atoms with Crippen molar-refractivity contribution < 1.29 is 18.3 Å². The van der Waals surface area contributed by atoms with E-state index in [1.807, 2.05) is 20.8 Å². The van der Waals surface area contributed by atoms with Crippen LogP contribution in [-0.4, -0.2) is 48.3 Å². The molecule has 1 aromatic carbocycles. The van der Waals surface area contributed by atoms with Crippen LogP contribution in [0.2, 0.25) is 0 Å². The van der Waals surface area contributed by atoms with Crippen molar-refractivity contribution >= 4 is 6.09 Å². The minimum absolute atomic E-state index is 0.114. The summed E-state index contributed by atoms with van der Waals surface area (Å²) in [5.74, 6) is -1.23. The number of nitrogens with zero attached hydrogens (tertiary/aromatic N) is 1. The van der Waals surface area contributed by atoms with Crippen molar-refractivity contribution in [3.05, 3.63) is 35.4 Å². The third kappa shape index (κ3) is 6.25. The van der Waals surface area contributed by atoms with Crippen LogP contribution in [0, 0.1) is 11.6 Å². The standard InChI is InChI=1S/C18H27F2N3O2/c1-18(2,3)25-17(24)23-5-4-22-11-16(23)10-15(21)8-12-6-13(19)9-14(20)7-12/h6-7,9,15-16,22H,4-5,8,10-11,21H2,1-3H3/t15?,16-/m0/s1. The SMILES string of the molecule is CC(C)(C)OC(=O)N1CCNC[C@@H]1CC(N)Cc1cc(F)cc(F)c1. The van der Waals surface area contributed by atoms with E-state index < -0.39 is 17.2 Å². The van der Waals surface area contributed by atoms with Crippen LogP contribution < -0.4 is 11.1 Å². The van der Waals surface area contributed by atoms with Crippen molar-refractivity contribution in [2.24, 2.45) is 5.73 Å². The predicted octanol–water partition coefficient (Wildman–Crippen LogP) is 2.43. The fourth-order valence-corrected chi connectivity index (χ4v) is 3.00. The molecular weight excluding hydrogens is 328 g/mol. The number of carbonyl (C=O) groups is 1. The molecule has 5 nitrogen and oxygen atoms in total. The van der Waals surface area contributed by atoms with Crippen LogP contribution in [0.3, 0.4) is 0 Å². The van der Waals surface area contributed by atoms with Crippen LogP contribution in [0.1, 0.15) is 32.8 Å². The second-order valence-corrected chi connectivity index (χ2v) is 7.51. The van der Waals surface area contributed by atoms with Crippen LogP contribution in [0.5, 0.6) is 0 Å². The van der Waals surface area contributed by atoms with E-state index in [1.165, 1.54) is 12.1 Å². The molecule has 2 rings (SSSR count). The van der Waals surface area contributed by atoms with Gasteiger partial charge in [0.05, 0.1) is 0 Å². The number of nitrogens with two attached hydrogens (primary N) is 1. The number of amides is 1. The second-order valence-electron chi connectivity index (χ2n) is 7.51. The van der Waals surface area contributed by atoms with Gasteiger partial charge in [-0.15, -0.1) is 0 Å². The first-order chi connectivity index (χ1) is 11.6.